The summed E-state index contributed by atoms with van der Waals surface area (Å²) in [6, 6.07) is 13.6. The SMILES string of the molecule is CCC1CCCCCN1Cc1cc2ccccc2cc1N. The van der Waals surface area contributed by atoms with E-state index in [0.717, 1.165) is 18.3 Å². The lowest BCUT2D eigenvalue weighted by Gasteiger charge is -2.29. The Hall–Kier alpha value is -1.54. The number of hydrogen-bond acceptors (Lipinski definition) is 2. The first-order valence-corrected chi connectivity index (χ1v) is 8.29. The number of fused-ring (bicyclic) bond motifs is 1. The van der Waals surface area contributed by atoms with Crippen molar-refractivity contribution in [2.45, 2.75) is 51.6 Å². The van der Waals surface area contributed by atoms with Crippen LogP contribution in [0.25, 0.3) is 10.8 Å². The summed E-state index contributed by atoms with van der Waals surface area (Å²) in [7, 11) is 0. The van der Waals surface area contributed by atoms with Crippen molar-refractivity contribution in [3.63, 3.8) is 0 Å². The number of nitrogen functional groups attached to an aromatic ring is 1. The van der Waals surface area contributed by atoms with Crippen LogP contribution in [-0.4, -0.2) is 17.5 Å². The van der Waals surface area contributed by atoms with Crippen LogP contribution < -0.4 is 5.73 Å². The van der Waals surface area contributed by atoms with E-state index >= 15 is 0 Å². The van der Waals surface area contributed by atoms with Gasteiger partial charge in [0.15, 0.2) is 0 Å². The molecule has 2 heteroatoms. The van der Waals surface area contributed by atoms with Gasteiger partial charge in [-0.1, -0.05) is 44.0 Å². The van der Waals surface area contributed by atoms with Crippen molar-refractivity contribution >= 4 is 16.5 Å². The molecule has 1 heterocycles. The van der Waals surface area contributed by atoms with Gasteiger partial charge >= 0.3 is 0 Å². The normalized spacial score (nSPS) is 20.5. The molecule has 0 amide bonds. The van der Waals surface area contributed by atoms with Crippen molar-refractivity contribution in [1.29, 1.82) is 0 Å². The minimum Gasteiger partial charge on any atom is -0.398 e. The summed E-state index contributed by atoms with van der Waals surface area (Å²) in [5, 5.41) is 2.53. The summed E-state index contributed by atoms with van der Waals surface area (Å²) in [5.74, 6) is 0. The summed E-state index contributed by atoms with van der Waals surface area (Å²) in [6.07, 6.45) is 6.66. The Kier molecular flexibility index (Phi) is 4.45. The fourth-order valence-corrected chi connectivity index (χ4v) is 3.57. The quantitative estimate of drug-likeness (QED) is 0.835. The number of nitrogens with zero attached hydrogens (tertiary/aromatic N) is 1. The Morgan fingerprint density at radius 1 is 1.10 bits per heavy atom. The minimum atomic E-state index is 0.721. The molecule has 0 radical (unpaired) electrons. The highest BCUT2D eigenvalue weighted by molar-refractivity contribution is 5.86. The van der Waals surface area contributed by atoms with Crippen LogP contribution in [0.3, 0.4) is 0 Å². The predicted octanol–water partition coefficient (Wildman–Crippen LogP) is 4.58. The summed E-state index contributed by atoms with van der Waals surface area (Å²) < 4.78 is 0. The monoisotopic (exact) mass is 282 g/mol. The minimum absolute atomic E-state index is 0.721. The van der Waals surface area contributed by atoms with Crippen molar-refractivity contribution in [1.82, 2.24) is 4.90 Å². The van der Waals surface area contributed by atoms with Crippen LogP contribution in [0.15, 0.2) is 36.4 Å². The molecule has 0 saturated carbocycles. The molecule has 0 bridgehead atoms. The molecule has 1 aliphatic heterocycles. The van der Waals surface area contributed by atoms with E-state index in [-0.39, 0.29) is 0 Å². The van der Waals surface area contributed by atoms with Gasteiger partial charge in [0.25, 0.3) is 0 Å². The van der Waals surface area contributed by atoms with E-state index in [1.165, 1.54) is 55.0 Å². The highest BCUT2D eigenvalue weighted by atomic mass is 15.2. The van der Waals surface area contributed by atoms with Gasteiger partial charge in [-0.15, -0.1) is 0 Å². The molecular weight excluding hydrogens is 256 g/mol. The van der Waals surface area contributed by atoms with E-state index in [0.29, 0.717) is 0 Å². The molecule has 1 saturated heterocycles. The van der Waals surface area contributed by atoms with Gasteiger partial charge in [0.1, 0.15) is 0 Å². The topological polar surface area (TPSA) is 29.3 Å². The zero-order chi connectivity index (χ0) is 14.7. The maximum Gasteiger partial charge on any atom is 0.0366 e. The molecule has 21 heavy (non-hydrogen) atoms. The van der Waals surface area contributed by atoms with Gasteiger partial charge in [0.05, 0.1) is 0 Å². The first-order valence-electron chi connectivity index (χ1n) is 8.29. The lowest BCUT2D eigenvalue weighted by atomic mass is 10.0. The zero-order valence-corrected chi connectivity index (χ0v) is 13.0. The molecule has 3 rings (SSSR count). The van der Waals surface area contributed by atoms with Crippen molar-refractivity contribution in [3.05, 3.63) is 42.0 Å². The Labute approximate surface area is 127 Å². The van der Waals surface area contributed by atoms with Gasteiger partial charge in [-0.2, -0.15) is 0 Å². The van der Waals surface area contributed by atoms with E-state index in [9.17, 15) is 0 Å². The second kappa shape index (κ2) is 6.48. The van der Waals surface area contributed by atoms with Crippen molar-refractivity contribution < 1.29 is 0 Å². The Morgan fingerprint density at radius 2 is 1.86 bits per heavy atom. The molecule has 1 aliphatic rings. The molecule has 1 atom stereocenters. The molecule has 0 aromatic heterocycles. The van der Waals surface area contributed by atoms with Gasteiger partial charge in [-0.05, 0) is 54.3 Å². The molecule has 1 unspecified atom stereocenters. The molecule has 1 fully saturated rings. The average molecular weight is 282 g/mol. The van der Waals surface area contributed by atoms with Crippen LogP contribution in [-0.2, 0) is 6.54 Å². The lowest BCUT2D eigenvalue weighted by Crippen LogP contribution is -2.34. The van der Waals surface area contributed by atoms with Crippen LogP contribution in [0.4, 0.5) is 5.69 Å². The number of nitrogens with two attached hydrogens (primary N) is 1. The maximum atomic E-state index is 6.30. The van der Waals surface area contributed by atoms with Crippen molar-refractivity contribution in [2.24, 2.45) is 0 Å². The summed E-state index contributed by atoms with van der Waals surface area (Å²) >= 11 is 0. The molecule has 2 nitrogen and oxygen atoms in total. The average Bonchev–Trinajstić information content (AvgIpc) is 2.73. The first-order chi connectivity index (χ1) is 10.3. The van der Waals surface area contributed by atoms with Crippen LogP contribution >= 0.6 is 0 Å². The van der Waals surface area contributed by atoms with E-state index in [1.54, 1.807) is 0 Å². The summed E-state index contributed by atoms with van der Waals surface area (Å²) in [5.41, 5.74) is 8.53. The summed E-state index contributed by atoms with van der Waals surface area (Å²) in [6.45, 7) is 4.52. The van der Waals surface area contributed by atoms with Crippen LogP contribution in [0.2, 0.25) is 0 Å². The van der Waals surface area contributed by atoms with E-state index in [1.807, 2.05) is 0 Å². The van der Waals surface area contributed by atoms with Crippen LogP contribution in [0.1, 0.15) is 44.6 Å². The van der Waals surface area contributed by atoms with Gasteiger partial charge in [-0.3, -0.25) is 4.90 Å². The van der Waals surface area contributed by atoms with Gasteiger partial charge < -0.3 is 5.73 Å². The Balaban J connectivity index is 1.87. The molecule has 2 aromatic rings. The number of benzene rings is 2. The summed E-state index contributed by atoms with van der Waals surface area (Å²) in [4.78, 5) is 2.65. The number of hydrogen-bond donors (Lipinski definition) is 1. The second-order valence-electron chi connectivity index (χ2n) is 6.28. The van der Waals surface area contributed by atoms with Crippen molar-refractivity contribution in [3.8, 4) is 0 Å². The maximum absolute atomic E-state index is 6.30. The standard InChI is InChI=1S/C19H26N2/c1-2-18-10-4-3-7-11-21(18)14-17-12-15-8-5-6-9-16(15)13-19(17)20/h5-6,8-9,12-13,18H,2-4,7,10-11,14,20H2,1H3. The lowest BCUT2D eigenvalue weighted by molar-refractivity contribution is 0.186. The molecule has 2 N–H and O–H groups in total. The van der Waals surface area contributed by atoms with Crippen LogP contribution in [0.5, 0.6) is 0 Å². The van der Waals surface area contributed by atoms with E-state index in [2.05, 4.69) is 48.2 Å². The molecule has 112 valence electrons. The fourth-order valence-electron chi connectivity index (χ4n) is 3.57. The highest BCUT2D eigenvalue weighted by Crippen LogP contribution is 2.26. The third kappa shape index (κ3) is 3.21. The zero-order valence-electron chi connectivity index (χ0n) is 13.0. The van der Waals surface area contributed by atoms with Gasteiger partial charge in [0.2, 0.25) is 0 Å². The Bertz CT molecular complexity index is 606. The van der Waals surface area contributed by atoms with E-state index in [4.69, 9.17) is 5.73 Å². The molecular formula is C19H26N2. The third-order valence-corrected chi connectivity index (χ3v) is 4.85. The third-order valence-electron chi connectivity index (χ3n) is 4.85. The molecule has 0 spiro atoms. The fraction of sp³-hybridized carbons (Fsp3) is 0.474. The highest BCUT2D eigenvalue weighted by Gasteiger charge is 2.20. The number of anilines is 1. The Morgan fingerprint density at radius 3 is 2.62 bits per heavy atom. The second-order valence-corrected chi connectivity index (χ2v) is 6.28. The molecule has 2 aromatic carbocycles. The smallest absolute Gasteiger partial charge is 0.0366 e. The first kappa shape index (κ1) is 14.4. The number of rotatable bonds is 3. The van der Waals surface area contributed by atoms with Gasteiger partial charge in [-0.25, -0.2) is 0 Å². The van der Waals surface area contributed by atoms with Gasteiger partial charge in [0, 0.05) is 18.3 Å². The van der Waals surface area contributed by atoms with Crippen LogP contribution in [0, 0.1) is 0 Å². The predicted molar refractivity (Wildman–Crippen MR) is 91.3 cm³/mol. The largest absolute Gasteiger partial charge is 0.398 e. The molecule has 0 aliphatic carbocycles. The van der Waals surface area contributed by atoms with Crippen molar-refractivity contribution in [2.75, 3.05) is 12.3 Å². The van der Waals surface area contributed by atoms with E-state index < -0.39 is 0 Å². The number of likely N-dealkylation sites (tertiary alicyclic amines) is 1.